The van der Waals surface area contributed by atoms with E-state index in [2.05, 4.69) is 13.0 Å². The highest BCUT2D eigenvalue weighted by Crippen LogP contribution is 2.34. The molecule has 1 heterocycles. The van der Waals surface area contributed by atoms with Crippen LogP contribution in [0, 0.1) is 6.92 Å². The summed E-state index contributed by atoms with van der Waals surface area (Å²) >= 11 is 0. The van der Waals surface area contributed by atoms with Crippen LogP contribution in [0.5, 0.6) is 5.75 Å². The predicted molar refractivity (Wildman–Crippen MR) is 110 cm³/mol. The Morgan fingerprint density at radius 2 is 1.89 bits per heavy atom. The number of pyridine rings is 1. The summed E-state index contributed by atoms with van der Waals surface area (Å²) in [7, 11) is 3.42. The van der Waals surface area contributed by atoms with E-state index < -0.39 is 0 Å². The van der Waals surface area contributed by atoms with Gasteiger partial charge in [-0.05, 0) is 48.1 Å². The van der Waals surface area contributed by atoms with Gasteiger partial charge in [-0.15, -0.1) is 0 Å². The second-order valence-electron chi connectivity index (χ2n) is 6.88. The van der Waals surface area contributed by atoms with Crippen LogP contribution in [-0.2, 0) is 24.7 Å². The molecule has 0 aliphatic heterocycles. The molecular weight excluding hydrogens is 338 g/mol. The average molecular weight is 363 g/mol. The van der Waals surface area contributed by atoms with E-state index in [1.54, 1.807) is 18.7 Å². The van der Waals surface area contributed by atoms with Crippen LogP contribution in [-0.4, -0.2) is 18.0 Å². The second kappa shape index (κ2) is 7.78. The number of methoxy groups -OCH3 is 1. The summed E-state index contributed by atoms with van der Waals surface area (Å²) in [6.07, 6.45) is 2.96. The highest BCUT2D eigenvalue weighted by molar-refractivity contribution is 5.98. The summed E-state index contributed by atoms with van der Waals surface area (Å²) in [5, 5.41) is 1.56. The molecular formula is C23H25NO3. The van der Waals surface area contributed by atoms with E-state index in [-0.39, 0.29) is 12.0 Å². The van der Waals surface area contributed by atoms with Crippen molar-refractivity contribution in [3.8, 4) is 16.9 Å². The number of fused-ring (bicyclic) bond motifs is 1. The Hall–Kier alpha value is -2.88. The van der Waals surface area contributed by atoms with Crippen molar-refractivity contribution in [2.24, 2.45) is 7.05 Å². The third-order valence-corrected chi connectivity index (χ3v) is 5.04. The zero-order chi connectivity index (χ0) is 19.6. The lowest BCUT2D eigenvalue weighted by atomic mass is 9.93. The minimum Gasteiger partial charge on any atom is -0.496 e. The normalized spacial score (nSPS) is 11.0. The summed E-state index contributed by atoms with van der Waals surface area (Å²) in [6, 6.07) is 12.0. The van der Waals surface area contributed by atoms with E-state index >= 15 is 0 Å². The third kappa shape index (κ3) is 3.39. The van der Waals surface area contributed by atoms with Crippen molar-refractivity contribution in [1.29, 1.82) is 0 Å². The molecule has 4 heteroatoms. The summed E-state index contributed by atoms with van der Waals surface area (Å²) < 4.78 is 7.11. The quantitative estimate of drug-likeness (QED) is 0.616. The minimum absolute atomic E-state index is 0.0726. The van der Waals surface area contributed by atoms with Crippen molar-refractivity contribution in [3.63, 3.8) is 0 Å². The maximum absolute atomic E-state index is 12.9. The number of nitrogens with zero attached hydrogens (tertiary/aromatic N) is 1. The molecule has 0 radical (unpaired) electrons. The lowest BCUT2D eigenvalue weighted by Gasteiger charge is -2.18. The van der Waals surface area contributed by atoms with Crippen molar-refractivity contribution in [2.75, 3.05) is 7.11 Å². The summed E-state index contributed by atoms with van der Waals surface area (Å²) in [5.41, 5.74) is 4.77. The second-order valence-corrected chi connectivity index (χ2v) is 6.88. The fourth-order valence-electron chi connectivity index (χ4n) is 3.72. The highest BCUT2D eigenvalue weighted by atomic mass is 16.5. The molecule has 0 saturated heterocycles. The fourth-order valence-corrected chi connectivity index (χ4v) is 3.72. The number of aryl methyl sites for hydroxylation is 2. The molecule has 0 bridgehead atoms. The molecule has 2 aromatic carbocycles. The van der Waals surface area contributed by atoms with Crippen LogP contribution in [0.15, 0.2) is 41.2 Å². The van der Waals surface area contributed by atoms with Gasteiger partial charge in [-0.3, -0.25) is 4.79 Å². The van der Waals surface area contributed by atoms with Gasteiger partial charge in [0.25, 0.3) is 5.56 Å². The van der Waals surface area contributed by atoms with Crippen LogP contribution in [0.2, 0.25) is 0 Å². The predicted octanol–water partition coefficient (Wildman–Crippen LogP) is 4.22. The molecule has 0 amide bonds. The molecule has 140 valence electrons. The van der Waals surface area contributed by atoms with Crippen LogP contribution >= 0.6 is 0 Å². The van der Waals surface area contributed by atoms with Gasteiger partial charge in [0.2, 0.25) is 0 Å². The van der Waals surface area contributed by atoms with Gasteiger partial charge in [0.15, 0.2) is 0 Å². The van der Waals surface area contributed by atoms with Gasteiger partial charge in [-0.1, -0.05) is 37.1 Å². The number of carbonyl (C=O) groups is 1. The maximum Gasteiger partial charge on any atom is 0.258 e. The van der Waals surface area contributed by atoms with Crippen molar-refractivity contribution in [3.05, 3.63) is 63.6 Å². The highest BCUT2D eigenvalue weighted by Gasteiger charge is 2.17. The first-order valence-electron chi connectivity index (χ1n) is 9.25. The summed E-state index contributed by atoms with van der Waals surface area (Å²) in [6.45, 7) is 4.11. The SMILES string of the molecule is CCCc1cc(-c2c(CC=O)n(C)c(=O)c3cc(C)ccc23)ccc1OC. The number of aromatic nitrogens is 1. The molecule has 0 aliphatic rings. The summed E-state index contributed by atoms with van der Waals surface area (Å²) in [4.78, 5) is 24.2. The lowest BCUT2D eigenvalue weighted by Crippen LogP contribution is -2.22. The molecule has 27 heavy (non-hydrogen) atoms. The van der Waals surface area contributed by atoms with Crippen LogP contribution in [0.25, 0.3) is 21.9 Å². The number of hydrogen-bond donors (Lipinski definition) is 0. The molecule has 1 aromatic heterocycles. The lowest BCUT2D eigenvalue weighted by molar-refractivity contribution is -0.107. The fraction of sp³-hybridized carbons (Fsp3) is 0.304. The van der Waals surface area contributed by atoms with E-state index in [9.17, 15) is 9.59 Å². The smallest absolute Gasteiger partial charge is 0.258 e. The van der Waals surface area contributed by atoms with E-state index in [4.69, 9.17) is 4.74 Å². The molecule has 0 fully saturated rings. The van der Waals surface area contributed by atoms with E-state index in [0.717, 1.165) is 58.2 Å². The van der Waals surface area contributed by atoms with Crippen LogP contribution in [0.3, 0.4) is 0 Å². The van der Waals surface area contributed by atoms with Crippen molar-refractivity contribution in [1.82, 2.24) is 4.57 Å². The van der Waals surface area contributed by atoms with Gasteiger partial charge in [-0.25, -0.2) is 0 Å². The summed E-state index contributed by atoms with van der Waals surface area (Å²) in [5.74, 6) is 0.863. The van der Waals surface area contributed by atoms with Crippen molar-refractivity contribution in [2.45, 2.75) is 33.1 Å². The topological polar surface area (TPSA) is 48.3 Å². The van der Waals surface area contributed by atoms with Crippen LogP contribution in [0.1, 0.15) is 30.2 Å². The molecule has 0 atom stereocenters. The number of aldehydes is 1. The molecule has 3 aromatic rings. The number of rotatable bonds is 6. The van der Waals surface area contributed by atoms with Gasteiger partial charge in [0.1, 0.15) is 12.0 Å². The number of hydrogen-bond acceptors (Lipinski definition) is 3. The van der Waals surface area contributed by atoms with Gasteiger partial charge in [-0.2, -0.15) is 0 Å². The first kappa shape index (κ1) is 18.9. The number of benzene rings is 2. The third-order valence-electron chi connectivity index (χ3n) is 5.04. The van der Waals surface area contributed by atoms with Gasteiger partial charge >= 0.3 is 0 Å². The molecule has 0 unspecified atom stereocenters. The standard InChI is InChI=1S/C23H25NO3/c1-5-6-16-14-17(8-10-21(16)27-4)22-18-9-7-15(2)13-19(18)23(26)24(3)20(22)11-12-25/h7-10,12-14H,5-6,11H2,1-4H3. The Bertz CT molecular complexity index is 1060. The van der Waals surface area contributed by atoms with Crippen molar-refractivity contribution < 1.29 is 9.53 Å². The number of carbonyl (C=O) groups excluding carboxylic acids is 1. The van der Waals surface area contributed by atoms with Gasteiger partial charge in [0, 0.05) is 30.1 Å². The molecule has 4 nitrogen and oxygen atoms in total. The van der Waals surface area contributed by atoms with Gasteiger partial charge in [0.05, 0.1) is 7.11 Å². The molecule has 0 saturated carbocycles. The Balaban J connectivity index is 2.41. The Morgan fingerprint density at radius 1 is 1.11 bits per heavy atom. The molecule has 3 rings (SSSR count). The first-order chi connectivity index (χ1) is 13.0. The average Bonchev–Trinajstić information content (AvgIpc) is 2.67. The zero-order valence-electron chi connectivity index (χ0n) is 16.3. The monoisotopic (exact) mass is 363 g/mol. The van der Waals surface area contributed by atoms with E-state index in [0.29, 0.717) is 5.39 Å². The van der Waals surface area contributed by atoms with E-state index in [1.165, 1.54) is 0 Å². The van der Waals surface area contributed by atoms with Gasteiger partial charge < -0.3 is 14.1 Å². The molecule has 0 N–H and O–H groups in total. The Labute approximate surface area is 159 Å². The first-order valence-corrected chi connectivity index (χ1v) is 9.25. The van der Waals surface area contributed by atoms with E-state index in [1.807, 2.05) is 37.3 Å². The van der Waals surface area contributed by atoms with Crippen LogP contribution < -0.4 is 10.3 Å². The maximum atomic E-state index is 12.9. The Kier molecular flexibility index (Phi) is 5.45. The largest absolute Gasteiger partial charge is 0.496 e. The zero-order valence-corrected chi connectivity index (χ0v) is 16.3. The minimum atomic E-state index is -0.0726. The number of ether oxygens (including phenoxy) is 1. The molecule has 0 aliphatic carbocycles. The Morgan fingerprint density at radius 3 is 2.56 bits per heavy atom. The van der Waals surface area contributed by atoms with Crippen LogP contribution in [0.4, 0.5) is 0 Å². The van der Waals surface area contributed by atoms with Crippen molar-refractivity contribution >= 4 is 17.1 Å². The molecule has 0 spiro atoms.